The summed E-state index contributed by atoms with van der Waals surface area (Å²) in [5, 5.41) is 2.32. The first-order valence-electron chi connectivity index (χ1n) is 10.3. The first-order valence-corrected chi connectivity index (χ1v) is 11.1. The third kappa shape index (κ3) is 6.07. The van der Waals surface area contributed by atoms with E-state index in [9.17, 15) is 9.59 Å². The van der Waals surface area contributed by atoms with Crippen LogP contribution < -0.4 is 14.4 Å². The summed E-state index contributed by atoms with van der Waals surface area (Å²) in [5.74, 6) is 0.645. The molecule has 32 heavy (non-hydrogen) atoms. The number of methoxy groups -OCH3 is 1. The van der Waals surface area contributed by atoms with Gasteiger partial charge in [-0.3, -0.25) is 14.5 Å². The van der Waals surface area contributed by atoms with Crippen LogP contribution in [0.1, 0.15) is 31.5 Å². The lowest BCUT2D eigenvalue weighted by Crippen LogP contribution is -2.22. The second-order valence-electron chi connectivity index (χ2n) is 6.91. The quantitative estimate of drug-likeness (QED) is 0.405. The second-order valence-corrected chi connectivity index (χ2v) is 7.74. The fraction of sp³-hybridized carbons (Fsp3) is 0.292. The van der Waals surface area contributed by atoms with Crippen molar-refractivity contribution < 1.29 is 23.8 Å². The first kappa shape index (κ1) is 23.3. The molecule has 3 aromatic rings. The van der Waals surface area contributed by atoms with Crippen LogP contribution in [0.4, 0.5) is 10.8 Å². The van der Waals surface area contributed by atoms with Gasteiger partial charge in [0.1, 0.15) is 6.61 Å². The summed E-state index contributed by atoms with van der Waals surface area (Å²) in [6, 6.07) is 15.0. The molecule has 0 fully saturated rings. The highest BCUT2D eigenvalue weighted by atomic mass is 32.1. The molecule has 0 bridgehead atoms. The third-order valence-electron chi connectivity index (χ3n) is 4.66. The average molecular weight is 455 g/mol. The van der Waals surface area contributed by atoms with Crippen molar-refractivity contribution in [2.45, 2.75) is 33.3 Å². The number of hydrogen-bond acceptors (Lipinski definition) is 7. The van der Waals surface area contributed by atoms with Crippen molar-refractivity contribution >= 4 is 34.0 Å². The Morgan fingerprint density at radius 2 is 1.78 bits per heavy atom. The molecule has 0 radical (unpaired) electrons. The normalized spacial score (nSPS) is 10.5. The van der Waals surface area contributed by atoms with E-state index >= 15 is 0 Å². The summed E-state index contributed by atoms with van der Waals surface area (Å²) >= 11 is 1.33. The Morgan fingerprint density at radius 1 is 1.06 bits per heavy atom. The van der Waals surface area contributed by atoms with Crippen LogP contribution in [0, 0.1) is 0 Å². The Hall–Kier alpha value is -3.39. The van der Waals surface area contributed by atoms with E-state index in [1.54, 1.807) is 29.5 Å². The van der Waals surface area contributed by atoms with Gasteiger partial charge in [0.2, 0.25) is 5.91 Å². The predicted molar refractivity (Wildman–Crippen MR) is 124 cm³/mol. The van der Waals surface area contributed by atoms with E-state index in [0.29, 0.717) is 22.3 Å². The van der Waals surface area contributed by atoms with Crippen molar-refractivity contribution in [3.8, 4) is 11.5 Å². The number of aromatic nitrogens is 1. The molecule has 0 aliphatic rings. The Kier molecular flexibility index (Phi) is 8.21. The maximum absolute atomic E-state index is 12.2. The smallest absolute Gasteiger partial charge is 0.309 e. The van der Waals surface area contributed by atoms with Crippen molar-refractivity contribution in [2.24, 2.45) is 0 Å². The number of benzene rings is 2. The number of carbonyl (C=O) groups is 2. The highest BCUT2D eigenvalue weighted by Gasteiger charge is 2.18. The minimum absolute atomic E-state index is 0.0323. The van der Waals surface area contributed by atoms with Crippen LogP contribution >= 0.6 is 11.3 Å². The molecule has 0 atom stereocenters. The number of anilines is 2. The van der Waals surface area contributed by atoms with Gasteiger partial charge in [-0.25, -0.2) is 4.98 Å². The lowest BCUT2D eigenvalue weighted by molar-refractivity contribution is -0.145. The summed E-state index contributed by atoms with van der Waals surface area (Å²) in [6.45, 7) is 3.78. The maximum atomic E-state index is 12.2. The number of esters is 1. The van der Waals surface area contributed by atoms with Crippen molar-refractivity contribution in [1.29, 1.82) is 0 Å². The minimum Gasteiger partial charge on any atom is -0.493 e. The van der Waals surface area contributed by atoms with Crippen LogP contribution in [0.5, 0.6) is 11.5 Å². The fourth-order valence-corrected chi connectivity index (χ4v) is 3.85. The number of nitrogens with zero attached hydrogens (tertiary/aromatic N) is 2. The number of thiazole rings is 1. The van der Waals surface area contributed by atoms with Crippen molar-refractivity contribution in [2.75, 3.05) is 18.6 Å². The zero-order valence-corrected chi connectivity index (χ0v) is 19.2. The Bertz CT molecular complexity index is 1050. The van der Waals surface area contributed by atoms with Crippen molar-refractivity contribution in [3.05, 3.63) is 65.2 Å². The molecule has 168 valence electrons. The van der Waals surface area contributed by atoms with Crippen LogP contribution in [0.3, 0.4) is 0 Å². The minimum atomic E-state index is -0.395. The number of hydrogen-bond donors (Lipinski definition) is 0. The summed E-state index contributed by atoms with van der Waals surface area (Å²) in [4.78, 5) is 30.3. The molecule has 7 nitrogen and oxygen atoms in total. The molecule has 0 aliphatic heterocycles. The van der Waals surface area contributed by atoms with Gasteiger partial charge >= 0.3 is 5.97 Å². The van der Waals surface area contributed by atoms with Gasteiger partial charge in [-0.1, -0.05) is 31.2 Å². The molecule has 0 aliphatic carbocycles. The number of aryl methyl sites for hydroxylation is 1. The number of amides is 1. The van der Waals surface area contributed by atoms with Gasteiger partial charge < -0.3 is 14.2 Å². The maximum Gasteiger partial charge on any atom is 0.309 e. The Labute approximate surface area is 191 Å². The molecule has 0 saturated heterocycles. The number of carbonyl (C=O) groups excluding carboxylic acids is 2. The van der Waals surface area contributed by atoms with Gasteiger partial charge in [-0.2, -0.15) is 0 Å². The summed E-state index contributed by atoms with van der Waals surface area (Å²) in [5.41, 5.74) is 2.53. The van der Waals surface area contributed by atoms with Crippen molar-refractivity contribution in [1.82, 2.24) is 4.98 Å². The monoisotopic (exact) mass is 454 g/mol. The van der Waals surface area contributed by atoms with Gasteiger partial charge in [-0.15, -0.1) is 11.3 Å². The Morgan fingerprint density at radius 3 is 2.44 bits per heavy atom. The summed E-state index contributed by atoms with van der Waals surface area (Å²) < 4.78 is 16.1. The van der Waals surface area contributed by atoms with Gasteiger partial charge in [0, 0.05) is 12.3 Å². The average Bonchev–Trinajstić information content (AvgIpc) is 3.26. The lowest BCUT2D eigenvalue weighted by Gasteiger charge is -2.18. The predicted octanol–water partition coefficient (Wildman–Crippen LogP) is 4.91. The van der Waals surface area contributed by atoms with E-state index in [-0.39, 0.29) is 25.5 Å². The molecular weight excluding hydrogens is 428 g/mol. The van der Waals surface area contributed by atoms with E-state index in [1.807, 2.05) is 36.4 Å². The van der Waals surface area contributed by atoms with E-state index in [1.165, 1.54) is 23.8 Å². The topological polar surface area (TPSA) is 78.0 Å². The molecule has 0 saturated carbocycles. The van der Waals surface area contributed by atoms with Gasteiger partial charge in [-0.05, 0) is 36.2 Å². The van der Waals surface area contributed by atoms with Crippen LogP contribution in [0.2, 0.25) is 0 Å². The zero-order valence-electron chi connectivity index (χ0n) is 18.4. The second kappa shape index (κ2) is 11.3. The molecule has 8 heteroatoms. The third-order valence-corrected chi connectivity index (χ3v) is 5.54. The lowest BCUT2D eigenvalue weighted by atomic mass is 10.1. The highest BCUT2D eigenvalue weighted by molar-refractivity contribution is 7.14. The van der Waals surface area contributed by atoms with Gasteiger partial charge in [0.25, 0.3) is 0 Å². The molecule has 0 spiro atoms. The molecule has 0 unspecified atom stereocenters. The molecular formula is C24H26N2O5S. The first-order chi connectivity index (χ1) is 15.5. The SMILES string of the molecule is CCc1ccc(N(C(C)=O)c2nc(COC(=O)CCOc3ccccc3OC)cs2)cc1. The molecule has 2 aromatic carbocycles. The van der Waals surface area contributed by atoms with Crippen LogP contribution in [0.25, 0.3) is 0 Å². The number of rotatable bonds is 10. The molecule has 1 amide bonds. The van der Waals surface area contributed by atoms with Crippen LogP contribution in [-0.4, -0.2) is 30.6 Å². The largest absolute Gasteiger partial charge is 0.493 e. The standard InChI is InChI=1S/C24H26N2O5S/c1-4-18-9-11-20(12-10-18)26(17(2)27)24-25-19(16-32-24)15-31-23(28)13-14-30-22-8-6-5-7-21(22)29-3/h5-12,16H,4,13-15H2,1-3H3. The van der Waals surface area contributed by atoms with E-state index in [2.05, 4.69) is 11.9 Å². The number of ether oxygens (including phenoxy) is 3. The van der Waals surface area contributed by atoms with Crippen LogP contribution in [0.15, 0.2) is 53.9 Å². The van der Waals surface area contributed by atoms with E-state index in [0.717, 1.165) is 12.1 Å². The van der Waals surface area contributed by atoms with Gasteiger partial charge in [0.15, 0.2) is 16.6 Å². The molecule has 1 heterocycles. The molecule has 0 N–H and O–H groups in total. The summed E-state index contributed by atoms with van der Waals surface area (Å²) in [6.07, 6.45) is 1.02. The van der Waals surface area contributed by atoms with Crippen LogP contribution in [-0.2, 0) is 27.4 Å². The van der Waals surface area contributed by atoms with E-state index < -0.39 is 5.97 Å². The summed E-state index contributed by atoms with van der Waals surface area (Å²) in [7, 11) is 1.56. The van der Waals surface area contributed by atoms with Gasteiger partial charge in [0.05, 0.1) is 31.5 Å². The molecule has 1 aromatic heterocycles. The fourth-order valence-electron chi connectivity index (χ4n) is 2.98. The zero-order chi connectivity index (χ0) is 22.9. The highest BCUT2D eigenvalue weighted by Crippen LogP contribution is 2.29. The Balaban J connectivity index is 1.53. The van der Waals surface area contributed by atoms with E-state index in [4.69, 9.17) is 14.2 Å². The molecule has 3 rings (SSSR count). The van der Waals surface area contributed by atoms with Crippen molar-refractivity contribution in [3.63, 3.8) is 0 Å². The number of para-hydroxylation sites is 2.